The summed E-state index contributed by atoms with van der Waals surface area (Å²) < 4.78 is 10.7. The SMILES string of the molecule is COc1cccc(Sc2nnc(C)o2)c1C(C)N. The summed E-state index contributed by atoms with van der Waals surface area (Å²) in [5, 5.41) is 8.26. The molecule has 0 aliphatic heterocycles. The van der Waals surface area contributed by atoms with E-state index >= 15 is 0 Å². The highest BCUT2D eigenvalue weighted by molar-refractivity contribution is 7.99. The number of hydrogen-bond acceptors (Lipinski definition) is 6. The fraction of sp³-hybridized carbons (Fsp3) is 0.333. The molecule has 0 fully saturated rings. The maximum atomic E-state index is 5.99. The van der Waals surface area contributed by atoms with Gasteiger partial charge in [0, 0.05) is 23.4 Å². The van der Waals surface area contributed by atoms with E-state index in [0.29, 0.717) is 11.1 Å². The number of nitrogens with zero attached hydrogens (tertiary/aromatic N) is 2. The maximum absolute atomic E-state index is 5.99. The summed E-state index contributed by atoms with van der Waals surface area (Å²) in [6.45, 7) is 3.68. The molecule has 0 aliphatic rings. The second-order valence-electron chi connectivity index (χ2n) is 3.85. The normalized spacial score (nSPS) is 12.4. The molecule has 6 heteroatoms. The maximum Gasteiger partial charge on any atom is 0.281 e. The van der Waals surface area contributed by atoms with E-state index < -0.39 is 0 Å². The van der Waals surface area contributed by atoms with Gasteiger partial charge in [0.15, 0.2) is 0 Å². The minimum absolute atomic E-state index is 0.132. The average Bonchev–Trinajstić information content (AvgIpc) is 2.74. The van der Waals surface area contributed by atoms with Crippen LogP contribution in [0.25, 0.3) is 0 Å². The molecule has 0 bridgehead atoms. The van der Waals surface area contributed by atoms with E-state index in [-0.39, 0.29) is 6.04 Å². The minimum Gasteiger partial charge on any atom is -0.496 e. The van der Waals surface area contributed by atoms with E-state index in [0.717, 1.165) is 16.2 Å². The van der Waals surface area contributed by atoms with Crippen LogP contribution in [0.4, 0.5) is 0 Å². The fourth-order valence-corrected chi connectivity index (χ4v) is 2.63. The molecular formula is C12H15N3O2S. The van der Waals surface area contributed by atoms with Crippen LogP contribution >= 0.6 is 11.8 Å². The highest BCUT2D eigenvalue weighted by atomic mass is 32.2. The van der Waals surface area contributed by atoms with Crippen molar-refractivity contribution >= 4 is 11.8 Å². The Bertz CT molecular complexity index is 540. The van der Waals surface area contributed by atoms with Gasteiger partial charge in [0.25, 0.3) is 5.22 Å². The highest BCUT2D eigenvalue weighted by Crippen LogP contribution is 2.36. The van der Waals surface area contributed by atoms with E-state index in [1.54, 1.807) is 14.0 Å². The molecule has 1 unspecified atom stereocenters. The van der Waals surface area contributed by atoms with Crippen molar-refractivity contribution in [3.63, 3.8) is 0 Å². The van der Waals surface area contributed by atoms with Crippen LogP contribution in [0.15, 0.2) is 32.7 Å². The van der Waals surface area contributed by atoms with Crippen molar-refractivity contribution < 1.29 is 9.15 Å². The molecule has 2 rings (SSSR count). The zero-order chi connectivity index (χ0) is 13.1. The first-order chi connectivity index (χ1) is 8.61. The Morgan fingerprint density at radius 2 is 2.17 bits per heavy atom. The van der Waals surface area contributed by atoms with Crippen LogP contribution in [-0.2, 0) is 0 Å². The Kier molecular flexibility index (Phi) is 3.88. The third-order valence-corrected chi connectivity index (χ3v) is 3.32. The molecular weight excluding hydrogens is 250 g/mol. The molecule has 5 nitrogen and oxygen atoms in total. The van der Waals surface area contributed by atoms with Crippen molar-refractivity contribution in [2.24, 2.45) is 5.73 Å². The van der Waals surface area contributed by atoms with Crippen molar-refractivity contribution in [1.29, 1.82) is 0 Å². The van der Waals surface area contributed by atoms with Crippen molar-refractivity contribution in [2.75, 3.05) is 7.11 Å². The summed E-state index contributed by atoms with van der Waals surface area (Å²) in [5.41, 5.74) is 6.94. The monoisotopic (exact) mass is 265 g/mol. The second kappa shape index (κ2) is 5.41. The van der Waals surface area contributed by atoms with Crippen molar-refractivity contribution in [2.45, 2.75) is 30.0 Å². The Labute approximate surface area is 110 Å². The molecule has 2 aromatic rings. The van der Waals surface area contributed by atoms with Crippen LogP contribution in [0.1, 0.15) is 24.4 Å². The fourth-order valence-electron chi connectivity index (χ4n) is 1.65. The van der Waals surface area contributed by atoms with E-state index in [2.05, 4.69) is 10.2 Å². The minimum atomic E-state index is -0.132. The molecule has 1 heterocycles. The van der Waals surface area contributed by atoms with Gasteiger partial charge in [-0.05, 0) is 30.8 Å². The molecule has 0 spiro atoms. The van der Waals surface area contributed by atoms with Crippen LogP contribution < -0.4 is 10.5 Å². The van der Waals surface area contributed by atoms with Gasteiger partial charge in [-0.15, -0.1) is 10.2 Å². The lowest BCUT2D eigenvalue weighted by atomic mass is 10.1. The number of aromatic nitrogens is 2. The third-order valence-electron chi connectivity index (χ3n) is 2.41. The standard InChI is InChI=1S/C12H15N3O2S/c1-7(13)11-9(16-3)5-4-6-10(11)18-12-15-14-8(2)17-12/h4-7H,13H2,1-3H3. The predicted octanol–water partition coefficient (Wildman–Crippen LogP) is 2.56. The molecule has 1 aromatic carbocycles. The van der Waals surface area contributed by atoms with Crippen LogP contribution in [-0.4, -0.2) is 17.3 Å². The number of benzene rings is 1. The quantitative estimate of drug-likeness (QED) is 0.915. The molecule has 0 radical (unpaired) electrons. The molecule has 0 aliphatic carbocycles. The van der Waals surface area contributed by atoms with Gasteiger partial charge < -0.3 is 14.9 Å². The van der Waals surface area contributed by atoms with Crippen molar-refractivity contribution in [3.05, 3.63) is 29.7 Å². The second-order valence-corrected chi connectivity index (χ2v) is 4.84. The summed E-state index contributed by atoms with van der Waals surface area (Å²) in [6, 6.07) is 5.64. The topological polar surface area (TPSA) is 74.2 Å². The summed E-state index contributed by atoms with van der Waals surface area (Å²) in [6.07, 6.45) is 0. The number of hydrogen-bond donors (Lipinski definition) is 1. The summed E-state index contributed by atoms with van der Waals surface area (Å²) in [5.74, 6) is 1.31. The first kappa shape index (κ1) is 12.9. The van der Waals surface area contributed by atoms with Crippen LogP contribution in [0.3, 0.4) is 0 Å². The molecule has 18 heavy (non-hydrogen) atoms. The number of aryl methyl sites for hydroxylation is 1. The molecule has 1 atom stereocenters. The lowest BCUT2D eigenvalue weighted by Gasteiger charge is -2.15. The van der Waals surface area contributed by atoms with E-state index in [4.69, 9.17) is 14.9 Å². The van der Waals surface area contributed by atoms with E-state index in [1.807, 2.05) is 25.1 Å². The van der Waals surface area contributed by atoms with Gasteiger partial charge in [0.2, 0.25) is 5.89 Å². The summed E-state index contributed by atoms with van der Waals surface area (Å²) >= 11 is 1.39. The van der Waals surface area contributed by atoms with Crippen molar-refractivity contribution in [3.8, 4) is 5.75 Å². The van der Waals surface area contributed by atoms with Crippen molar-refractivity contribution in [1.82, 2.24) is 10.2 Å². The van der Waals surface area contributed by atoms with Crippen LogP contribution in [0.5, 0.6) is 5.75 Å². The Morgan fingerprint density at radius 3 is 2.72 bits per heavy atom. The van der Waals surface area contributed by atoms with Gasteiger partial charge in [0.1, 0.15) is 5.75 Å². The summed E-state index contributed by atoms with van der Waals surface area (Å²) in [7, 11) is 1.63. The lowest BCUT2D eigenvalue weighted by Crippen LogP contribution is -2.08. The largest absolute Gasteiger partial charge is 0.496 e. The Balaban J connectivity index is 2.37. The Morgan fingerprint density at radius 1 is 1.39 bits per heavy atom. The average molecular weight is 265 g/mol. The third kappa shape index (κ3) is 2.65. The van der Waals surface area contributed by atoms with Gasteiger partial charge >= 0.3 is 0 Å². The number of ether oxygens (including phenoxy) is 1. The number of methoxy groups -OCH3 is 1. The predicted molar refractivity (Wildman–Crippen MR) is 68.8 cm³/mol. The van der Waals surface area contributed by atoms with E-state index in [1.165, 1.54) is 11.8 Å². The highest BCUT2D eigenvalue weighted by Gasteiger charge is 2.16. The Hall–Kier alpha value is -1.53. The number of nitrogens with two attached hydrogens (primary N) is 1. The van der Waals surface area contributed by atoms with Gasteiger partial charge in [-0.25, -0.2) is 0 Å². The zero-order valence-electron chi connectivity index (χ0n) is 10.5. The zero-order valence-corrected chi connectivity index (χ0v) is 11.3. The van der Waals surface area contributed by atoms with Gasteiger partial charge in [-0.2, -0.15) is 0 Å². The van der Waals surface area contributed by atoms with Crippen LogP contribution in [0, 0.1) is 6.92 Å². The van der Waals surface area contributed by atoms with Gasteiger partial charge in [0.05, 0.1) is 7.11 Å². The molecule has 0 amide bonds. The molecule has 0 saturated carbocycles. The number of rotatable bonds is 4. The lowest BCUT2D eigenvalue weighted by molar-refractivity contribution is 0.404. The summed E-state index contributed by atoms with van der Waals surface area (Å²) in [4.78, 5) is 0.966. The first-order valence-electron chi connectivity index (χ1n) is 5.52. The smallest absolute Gasteiger partial charge is 0.281 e. The molecule has 0 saturated heterocycles. The first-order valence-corrected chi connectivity index (χ1v) is 6.34. The van der Waals surface area contributed by atoms with Gasteiger partial charge in [-0.1, -0.05) is 6.07 Å². The molecule has 96 valence electrons. The van der Waals surface area contributed by atoms with Crippen LogP contribution in [0.2, 0.25) is 0 Å². The van der Waals surface area contributed by atoms with Gasteiger partial charge in [-0.3, -0.25) is 0 Å². The molecule has 2 N–H and O–H groups in total. The molecule has 1 aromatic heterocycles. The van der Waals surface area contributed by atoms with E-state index in [9.17, 15) is 0 Å².